The molecule has 0 spiro atoms. The Kier molecular flexibility index (Phi) is 4.61. The van der Waals surface area contributed by atoms with E-state index in [4.69, 9.17) is 8.94 Å². The van der Waals surface area contributed by atoms with Gasteiger partial charge in [0.25, 0.3) is 0 Å². The third-order valence-corrected chi connectivity index (χ3v) is 4.17. The number of carbonyl (C=O) groups excluding carboxylic acids is 1. The van der Waals surface area contributed by atoms with Crippen molar-refractivity contribution in [3.63, 3.8) is 0 Å². The maximum atomic E-state index is 12.0. The number of furan rings is 1. The molecule has 0 aliphatic rings. The van der Waals surface area contributed by atoms with Gasteiger partial charge >= 0.3 is 17.6 Å². The summed E-state index contributed by atoms with van der Waals surface area (Å²) in [7, 11) is 0. The van der Waals surface area contributed by atoms with Gasteiger partial charge in [0.05, 0.1) is 23.6 Å². The van der Waals surface area contributed by atoms with Crippen molar-refractivity contribution in [2.24, 2.45) is 0 Å². The summed E-state index contributed by atoms with van der Waals surface area (Å²) in [5.74, 6) is -0.342. The fraction of sp³-hybridized carbons (Fsp3) is 0.231. The zero-order valence-electron chi connectivity index (χ0n) is 12.8. The zero-order chi connectivity index (χ0) is 18.0. The molecule has 0 aromatic carbocycles. The van der Waals surface area contributed by atoms with E-state index in [2.05, 4.69) is 36.5 Å². The molecule has 11 nitrogen and oxygen atoms in total. The van der Waals surface area contributed by atoms with Gasteiger partial charge in [0.2, 0.25) is 0 Å². The minimum Gasteiger partial charge on any atom is -0.467 e. The summed E-state index contributed by atoms with van der Waals surface area (Å²) in [6, 6.07) is 3.42. The van der Waals surface area contributed by atoms with E-state index in [-0.39, 0.29) is 35.1 Å². The lowest BCUT2D eigenvalue weighted by molar-refractivity contribution is -0.390. The predicted octanol–water partition coefficient (Wildman–Crippen LogP) is 1.82. The molecule has 0 aliphatic carbocycles. The summed E-state index contributed by atoms with van der Waals surface area (Å²) in [6.07, 6.45) is 1.50. The van der Waals surface area contributed by atoms with Crippen molar-refractivity contribution in [1.82, 2.24) is 25.2 Å². The van der Waals surface area contributed by atoms with E-state index in [0.29, 0.717) is 11.5 Å². The first kappa shape index (κ1) is 16.8. The van der Waals surface area contributed by atoms with Crippen LogP contribution >= 0.6 is 15.9 Å². The Morgan fingerprint density at radius 1 is 1.52 bits per heavy atom. The number of nitro groups is 1. The van der Waals surface area contributed by atoms with E-state index >= 15 is 0 Å². The Hall–Kier alpha value is -3.02. The number of carbonyl (C=O) groups is 1. The lowest BCUT2D eigenvalue weighted by Gasteiger charge is -1.97. The van der Waals surface area contributed by atoms with Crippen molar-refractivity contribution in [2.45, 2.75) is 20.0 Å². The first-order chi connectivity index (χ1) is 12.0. The van der Waals surface area contributed by atoms with Crippen LogP contribution in [0.4, 0.5) is 5.82 Å². The van der Waals surface area contributed by atoms with Gasteiger partial charge in [-0.15, -0.1) is 0 Å². The highest BCUT2D eigenvalue weighted by molar-refractivity contribution is 9.10. The molecule has 0 unspecified atom stereocenters. The van der Waals surface area contributed by atoms with Crippen molar-refractivity contribution in [3.8, 4) is 0 Å². The normalized spacial score (nSPS) is 10.8. The molecular formula is C13H11BrN6O5. The van der Waals surface area contributed by atoms with Crippen LogP contribution in [-0.2, 0) is 13.1 Å². The van der Waals surface area contributed by atoms with Gasteiger partial charge in [0.1, 0.15) is 16.8 Å². The van der Waals surface area contributed by atoms with Crippen LogP contribution in [0.1, 0.15) is 28.0 Å². The minimum absolute atomic E-state index is 0.0211. The van der Waals surface area contributed by atoms with E-state index < -0.39 is 10.8 Å². The summed E-state index contributed by atoms with van der Waals surface area (Å²) in [5, 5.41) is 21.0. The molecule has 130 valence electrons. The topological polar surface area (TPSA) is 142 Å². The molecule has 0 atom stereocenters. The van der Waals surface area contributed by atoms with Crippen LogP contribution in [0.25, 0.3) is 0 Å². The lowest BCUT2D eigenvalue weighted by atomic mass is 10.4. The van der Waals surface area contributed by atoms with Gasteiger partial charge in [-0.3, -0.25) is 4.79 Å². The van der Waals surface area contributed by atoms with Crippen LogP contribution < -0.4 is 5.32 Å². The average molecular weight is 411 g/mol. The van der Waals surface area contributed by atoms with Gasteiger partial charge in [-0.1, -0.05) is 5.16 Å². The molecule has 12 heteroatoms. The largest absolute Gasteiger partial charge is 0.467 e. The molecule has 0 radical (unpaired) electrons. The van der Waals surface area contributed by atoms with E-state index in [9.17, 15) is 14.9 Å². The van der Waals surface area contributed by atoms with Crippen LogP contribution in [0.3, 0.4) is 0 Å². The predicted molar refractivity (Wildman–Crippen MR) is 84.6 cm³/mol. The monoisotopic (exact) mass is 410 g/mol. The van der Waals surface area contributed by atoms with Gasteiger partial charge in [0.15, 0.2) is 5.82 Å². The molecule has 3 heterocycles. The first-order valence-corrected chi connectivity index (χ1v) is 7.75. The molecule has 1 N–H and O–H groups in total. The van der Waals surface area contributed by atoms with Gasteiger partial charge in [-0.2, -0.15) is 9.67 Å². The van der Waals surface area contributed by atoms with Gasteiger partial charge in [-0.05, 0) is 39.9 Å². The number of halogens is 1. The van der Waals surface area contributed by atoms with Gasteiger partial charge < -0.3 is 24.4 Å². The Morgan fingerprint density at radius 3 is 2.96 bits per heavy atom. The Bertz CT molecular complexity index is 916. The lowest BCUT2D eigenvalue weighted by Crippen LogP contribution is -2.23. The molecule has 3 aromatic heterocycles. The van der Waals surface area contributed by atoms with Crippen molar-refractivity contribution >= 4 is 27.7 Å². The number of rotatable bonds is 6. The zero-order valence-corrected chi connectivity index (χ0v) is 14.4. The highest BCUT2D eigenvalue weighted by Crippen LogP contribution is 2.27. The Morgan fingerprint density at radius 2 is 2.32 bits per heavy atom. The van der Waals surface area contributed by atoms with Gasteiger partial charge in [-0.25, -0.2) is 0 Å². The summed E-state index contributed by atoms with van der Waals surface area (Å²) >= 11 is 3.12. The van der Waals surface area contributed by atoms with Crippen LogP contribution in [0.2, 0.25) is 0 Å². The van der Waals surface area contributed by atoms with Crippen LogP contribution in [0.15, 0.2) is 31.8 Å². The van der Waals surface area contributed by atoms with Crippen molar-refractivity contribution < 1.29 is 18.7 Å². The standard InChI is InChI=1S/C13H11BrN6O5/c1-7-10(14)11(20(22)23)17-19(7)6-9-16-13(25-18-9)12(21)15-5-8-3-2-4-24-8/h2-4H,5-6H2,1H3,(H,15,21). The van der Waals surface area contributed by atoms with Crippen LogP contribution in [0, 0.1) is 17.0 Å². The molecule has 0 saturated heterocycles. The highest BCUT2D eigenvalue weighted by Gasteiger charge is 2.25. The molecule has 0 fully saturated rings. The van der Waals surface area contributed by atoms with Crippen molar-refractivity contribution in [2.75, 3.05) is 0 Å². The third kappa shape index (κ3) is 3.57. The second-order valence-electron chi connectivity index (χ2n) is 4.92. The number of nitrogens with one attached hydrogen (secondary N) is 1. The molecule has 3 aromatic rings. The van der Waals surface area contributed by atoms with Crippen LogP contribution in [0.5, 0.6) is 0 Å². The molecule has 1 amide bonds. The second kappa shape index (κ2) is 6.84. The highest BCUT2D eigenvalue weighted by atomic mass is 79.9. The van der Waals surface area contributed by atoms with E-state index in [0.717, 1.165) is 0 Å². The van der Waals surface area contributed by atoms with E-state index in [1.807, 2.05) is 0 Å². The van der Waals surface area contributed by atoms with Crippen LogP contribution in [-0.4, -0.2) is 30.8 Å². The number of amides is 1. The van der Waals surface area contributed by atoms with Crippen molar-refractivity contribution in [3.05, 3.63) is 56.2 Å². The molecule has 3 rings (SSSR count). The summed E-state index contributed by atoms with van der Waals surface area (Å²) in [5.41, 5.74) is 0.528. The molecule has 0 saturated carbocycles. The average Bonchev–Trinajstić information content (AvgIpc) is 3.30. The third-order valence-electron chi connectivity index (χ3n) is 3.25. The number of hydrogen-bond acceptors (Lipinski definition) is 8. The molecule has 25 heavy (non-hydrogen) atoms. The summed E-state index contributed by atoms with van der Waals surface area (Å²) in [4.78, 5) is 26.2. The van der Waals surface area contributed by atoms with Crippen molar-refractivity contribution in [1.29, 1.82) is 0 Å². The minimum atomic E-state index is -0.600. The molecular weight excluding hydrogens is 400 g/mol. The summed E-state index contributed by atoms with van der Waals surface area (Å²) in [6.45, 7) is 1.86. The fourth-order valence-electron chi connectivity index (χ4n) is 1.98. The Labute approximate surface area is 148 Å². The quantitative estimate of drug-likeness (QED) is 0.478. The van der Waals surface area contributed by atoms with E-state index in [1.54, 1.807) is 19.1 Å². The number of aromatic nitrogens is 4. The van der Waals surface area contributed by atoms with E-state index in [1.165, 1.54) is 10.9 Å². The molecule has 0 aliphatic heterocycles. The maximum Gasteiger partial charge on any atom is 0.404 e. The number of nitrogens with zero attached hydrogens (tertiary/aromatic N) is 5. The Balaban J connectivity index is 1.68. The van der Waals surface area contributed by atoms with Gasteiger partial charge in [0, 0.05) is 0 Å². The smallest absolute Gasteiger partial charge is 0.404 e. The maximum absolute atomic E-state index is 12.0. The second-order valence-corrected chi connectivity index (χ2v) is 5.71. The first-order valence-electron chi connectivity index (χ1n) is 6.96. The molecule has 0 bridgehead atoms. The fourth-order valence-corrected chi connectivity index (χ4v) is 2.41. The number of hydrogen-bond donors (Lipinski definition) is 1. The SMILES string of the molecule is Cc1c(Br)c([N+](=O)[O-])nn1Cc1noc(C(=O)NCc2ccco2)n1. The summed E-state index contributed by atoms with van der Waals surface area (Å²) < 4.78 is 11.6.